The third-order valence-corrected chi connectivity index (χ3v) is 3.35. The van der Waals surface area contributed by atoms with Gasteiger partial charge in [0.1, 0.15) is 17.3 Å². The number of rotatable bonds is 6. The van der Waals surface area contributed by atoms with E-state index in [-0.39, 0.29) is 6.61 Å². The van der Waals surface area contributed by atoms with Gasteiger partial charge in [-0.25, -0.2) is 14.8 Å². The van der Waals surface area contributed by atoms with Crippen LogP contribution in [0.4, 0.5) is 0 Å². The van der Waals surface area contributed by atoms with E-state index in [1.165, 1.54) is 7.11 Å². The molecule has 0 bridgehead atoms. The van der Waals surface area contributed by atoms with Crippen LogP contribution >= 0.6 is 0 Å². The largest absolute Gasteiger partial charge is 0.493 e. The van der Waals surface area contributed by atoms with Gasteiger partial charge in [0.05, 0.1) is 24.8 Å². The van der Waals surface area contributed by atoms with Crippen LogP contribution in [0.5, 0.6) is 11.5 Å². The molecule has 7 heteroatoms. The summed E-state index contributed by atoms with van der Waals surface area (Å²) < 4.78 is 15.6. The van der Waals surface area contributed by atoms with Crippen LogP contribution in [0.1, 0.15) is 6.92 Å². The maximum Gasteiger partial charge on any atom is 0.343 e. The number of benzene rings is 1. The Balaban J connectivity index is 1.93. The van der Waals surface area contributed by atoms with Crippen molar-refractivity contribution in [3.8, 4) is 22.9 Å². The van der Waals surface area contributed by atoms with Gasteiger partial charge < -0.3 is 19.2 Å². The molecule has 2 heterocycles. The van der Waals surface area contributed by atoms with E-state index in [0.717, 1.165) is 11.1 Å². The summed E-state index contributed by atoms with van der Waals surface area (Å²) in [6, 6.07) is 9.06. The molecule has 0 saturated heterocycles. The quantitative estimate of drug-likeness (QED) is 0.700. The summed E-state index contributed by atoms with van der Waals surface area (Å²) in [5.74, 6) is 1.34. The summed E-state index contributed by atoms with van der Waals surface area (Å²) >= 11 is 0. The third-order valence-electron chi connectivity index (χ3n) is 3.35. The highest BCUT2D eigenvalue weighted by molar-refractivity contribution is 5.78. The topological polar surface area (TPSA) is 86.3 Å². The van der Waals surface area contributed by atoms with E-state index in [0.29, 0.717) is 29.6 Å². The molecule has 0 spiro atoms. The van der Waals surface area contributed by atoms with Crippen molar-refractivity contribution in [3.63, 3.8) is 0 Å². The first kappa shape index (κ1) is 15.8. The molecule has 2 aromatic heterocycles. The van der Waals surface area contributed by atoms with Gasteiger partial charge in [-0.3, -0.25) is 0 Å². The average molecular weight is 327 g/mol. The molecule has 0 aliphatic heterocycles. The number of pyridine rings is 1. The second kappa shape index (κ2) is 6.99. The Morgan fingerprint density at radius 1 is 1.25 bits per heavy atom. The Labute approximate surface area is 138 Å². The van der Waals surface area contributed by atoms with E-state index >= 15 is 0 Å². The summed E-state index contributed by atoms with van der Waals surface area (Å²) in [5, 5.41) is 0. The van der Waals surface area contributed by atoms with Gasteiger partial charge in [0, 0.05) is 12.3 Å². The molecule has 7 nitrogen and oxygen atoms in total. The van der Waals surface area contributed by atoms with Crippen molar-refractivity contribution in [1.29, 1.82) is 0 Å². The second-order valence-corrected chi connectivity index (χ2v) is 4.92. The molecule has 124 valence electrons. The van der Waals surface area contributed by atoms with Gasteiger partial charge in [-0.1, -0.05) is 0 Å². The zero-order chi connectivity index (χ0) is 16.9. The van der Waals surface area contributed by atoms with Crippen LogP contribution in [0.25, 0.3) is 22.6 Å². The Morgan fingerprint density at radius 2 is 2.12 bits per heavy atom. The van der Waals surface area contributed by atoms with Crippen molar-refractivity contribution in [2.75, 3.05) is 20.3 Å². The SMILES string of the molecule is CCOc1cc(OCC(=O)OC)ccc1-c1nc2ncccc2[nH]1. The summed E-state index contributed by atoms with van der Waals surface area (Å²) in [7, 11) is 1.32. The molecule has 1 N–H and O–H groups in total. The predicted molar refractivity (Wildman–Crippen MR) is 88.0 cm³/mol. The number of hydrogen-bond acceptors (Lipinski definition) is 6. The fourth-order valence-electron chi connectivity index (χ4n) is 2.24. The summed E-state index contributed by atoms with van der Waals surface area (Å²) in [6.45, 7) is 2.23. The number of ether oxygens (including phenoxy) is 3. The highest BCUT2D eigenvalue weighted by Gasteiger charge is 2.13. The molecule has 0 atom stereocenters. The van der Waals surface area contributed by atoms with E-state index < -0.39 is 5.97 Å². The Hall–Kier alpha value is -3.09. The Kier molecular flexibility index (Phi) is 4.60. The number of aromatic nitrogens is 3. The first-order valence-electron chi connectivity index (χ1n) is 7.49. The van der Waals surface area contributed by atoms with E-state index in [9.17, 15) is 4.79 Å². The van der Waals surface area contributed by atoms with E-state index in [1.807, 2.05) is 25.1 Å². The van der Waals surface area contributed by atoms with Gasteiger partial charge in [-0.2, -0.15) is 0 Å². The number of esters is 1. The second-order valence-electron chi connectivity index (χ2n) is 4.92. The lowest BCUT2D eigenvalue weighted by Crippen LogP contribution is -2.12. The fourth-order valence-corrected chi connectivity index (χ4v) is 2.24. The monoisotopic (exact) mass is 327 g/mol. The summed E-state index contributed by atoms with van der Waals surface area (Å²) in [6.07, 6.45) is 1.69. The molecule has 0 amide bonds. The molecule has 0 saturated carbocycles. The standard InChI is InChI=1S/C17H17N3O4/c1-3-23-14-9-11(24-10-15(21)22-2)6-7-12(14)16-19-13-5-4-8-18-17(13)20-16/h4-9H,3,10H2,1-2H3,(H,18,19,20). The summed E-state index contributed by atoms with van der Waals surface area (Å²) in [5.41, 5.74) is 2.28. The predicted octanol–water partition coefficient (Wildman–Crippen LogP) is 2.58. The lowest BCUT2D eigenvalue weighted by molar-refractivity contribution is -0.142. The van der Waals surface area contributed by atoms with Crippen LogP contribution in [-0.2, 0) is 9.53 Å². The minimum absolute atomic E-state index is 0.157. The first-order valence-corrected chi connectivity index (χ1v) is 7.49. The van der Waals surface area contributed by atoms with Crippen LogP contribution in [0.15, 0.2) is 36.5 Å². The Bertz CT molecular complexity index is 827. The molecule has 1 aromatic carbocycles. The number of nitrogens with zero attached hydrogens (tertiary/aromatic N) is 2. The molecule has 0 unspecified atom stereocenters. The zero-order valence-corrected chi connectivity index (χ0v) is 13.4. The van der Waals surface area contributed by atoms with E-state index in [1.54, 1.807) is 18.3 Å². The molecule has 3 aromatic rings. The van der Waals surface area contributed by atoms with Crippen molar-refractivity contribution in [1.82, 2.24) is 15.0 Å². The van der Waals surface area contributed by atoms with Gasteiger partial charge in [-0.05, 0) is 31.2 Å². The van der Waals surface area contributed by atoms with Gasteiger partial charge in [0.2, 0.25) is 0 Å². The number of aromatic amines is 1. The molecule has 3 rings (SSSR count). The van der Waals surface area contributed by atoms with E-state index in [4.69, 9.17) is 9.47 Å². The number of fused-ring (bicyclic) bond motifs is 1. The number of nitrogens with one attached hydrogen (secondary N) is 1. The maximum atomic E-state index is 11.2. The van der Waals surface area contributed by atoms with E-state index in [2.05, 4.69) is 19.7 Å². The molecular weight excluding hydrogens is 310 g/mol. The number of hydrogen-bond donors (Lipinski definition) is 1. The highest BCUT2D eigenvalue weighted by Crippen LogP contribution is 2.32. The number of carbonyl (C=O) groups is 1. The smallest absolute Gasteiger partial charge is 0.343 e. The minimum Gasteiger partial charge on any atom is -0.493 e. The fraction of sp³-hybridized carbons (Fsp3) is 0.235. The number of carbonyl (C=O) groups excluding carboxylic acids is 1. The molecule has 0 aliphatic carbocycles. The number of methoxy groups -OCH3 is 1. The molecule has 0 aliphatic rings. The van der Waals surface area contributed by atoms with Crippen molar-refractivity contribution in [2.45, 2.75) is 6.92 Å². The molecule has 0 fully saturated rings. The van der Waals surface area contributed by atoms with Gasteiger partial charge >= 0.3 is 5.97 Å². The highest BCUT2D eigenvalue weighted by atomic mass is 16.6. The van der Waals surface area contributed by atoms with Gasteiger partial charge in [-0.15, -0.1) is 0 Å². The Morgan fingerprint density at radius 3 is 2.88 bits per heavy atom. The maximum absolute atomic E-state index is 11.2. The van der Waals surface area contributed by atoms with Crippen molar-refractivity contribution >= 4 is 17.1 Å². The van der Waals surface area contributed by atoms with Crippen LogP contribution < -0.4 is 9.47 Å². The van der Waals surface area contributed by atoms with Gasteiger partial charge in [0.25, 0.3) is 0 Å². The molecule has 0 radical (unpaired) electrons. The van der Waals surface area contributed by atoms with Gasteiger partial charge in [0.15, 0.2) is 12.3 Å². The average Bonchev–Trinajstić information content (AvgIpc) is 3.04. The van der Waals surface area contributed by atoms with Crippen molar-refractivity contribution < 1.29 is 19.0 Å². The lowest BCUT2D eigenvalue weighted by Gasteiger charge is -2.11. The third kappa shape index (κ3) is 3.29. The molecular formula is C17H17N3O4. The number of imidazole rings is 1. The summed E-state index contributed by atoms with van der Waals surface area (Å²) in [4.78, 5) is 23.1. The molecule has 24 heavy (non-hydrogen) atoms. The normalized spacial score (nSPS) is 10.6. The zero-order valence-electron chi connectivity index (χ0n) is 13.4. The first-order chi connectivity index (χ1) is 11.7. The van der Waals surface area contributed by atoms with Crippen molar-refractivity contribution in [3.05, 3.63) is 36.5 Å². The number of H-pyrrole nitrogens is 1. The minimum atomic E-state index is -0.444. The lowest BCUT2D eigenvalue weighted by atomic mass is 10.2. The van der Waals surface area contributed by atoms with Crippen LogP contribution in [0, 0.1) is 0 Å². The van der Waals surface area contributed by atoms with Crippen molar-refractivity contribution in [2.24, 2.45) is 0 Å². The van der Waals surface area contributed by atoms with Crippen LogP contribution in [0.3, 0.4) is 0 Å². The van der Waals surface area contributed by atoms with Crippen LogP contribution in [0.2, 0.25) is 0 Å². The van der Waals surface area contributed by atoms with Crippen LogP contribution in [-0.4, -0.2) is 41.2 Å².